The van der Waals surface area contributed by atoms with Crippen LogP contribution in [0.25, 0.3) is 11.1 Å². The number of rotatable bonds is 16. The Morgan fingerprint density at radius 2 is 1.80 bits per heavy atom. The largest absolute Gasteiger partial charge is 0.493 e. The van der Waals surface area contributed by atoms with E-state index in [2.05, 4.69) is 19.1 Å². The number of carboxylic acid groups (broad SMARTS) is 1. The van der Waals surface area contributed by atoms with Gasteiger partial charge >= 0.3 is 5.97 Å². The van der Waals surface area contributed by atoms with Crippen LogP contribution in [0.2, 0.25) is 0 Å². The molecule has 9 nitrogen and oxygen atoms in total. The summed E-state index contributed by atoms with van der Waals surface area (Å²) in [5.41, 5.74) is 7.21. The van der Waals surface area contributed by atoms with Gasteiger partial charge in [-0.15, -0.1) is 0 Å². The van der Waals surface area contributed by atoms with Gasteiger partial charge in [0, 0.05) is 18.7 Å². The maximum atomic E-state index is 13.4. The summed E-state index contributed by atoms with van der Waals surface area (Å²) in [6, 6.07) is 18.9. The topological polar surface area (TPSA) is 96.4 Å². The molecule has 1 atom stereocenters. The molecule has 1 heterocycles. The van der Waals surface area contributed by atoms with Gasteiger partial charge in [-0.25, -0.2) is 9.86 Å². The number of carboxylic acids is 1. The van der Waals surface area contributed by atoms with Gasteiger partial charge < -0.3 is 19.2 Å². The molecule has 0 bridgehead atoms. The van der Waals surface area contributed by atoms with E-state index in [-0.39, 0.29) is 12.5 Å². The third-order valence-corrected chi connectivity index (χ3v) is 8.52. The Bertz CT molecular complexity index is 1520. The van der Waals surface area contributed by atoms with Gasteiger partial charge in [0.05, 0.1) is 34.3 Å². The van der Waals surface area contributed by atoms with E-state index in [0.29, 0.717) is 49.7 Å². The highest BCUT2D eigenvalue weighted by molar-refractivity contribution is 5.96. The lowest BCUT2D eigenvalue weighted by atomic mass is 9.91. The normalized spacial score (nSPS) is 13.5. The predicted octanol–water partition coefficient (Wildman–Crippen LogP) is 5.94. The Morgan fingerprint density at radius 3 is 2.54 bits per heavy atom. The van der Waals surface area contributed by atoms with E-state index in [4.69, 9.17) is 9.57 Å². The number of benzene rings is 3. The zero-order chi connectivity index (χ0) is 33.3. The van der Waals surface area contributed by atoms with Crippen molar-refractivity contribution in [3.63, 3.8) is 0 Å². The number of amides is 2. The van der Waals surface area contributed by atoms with E-state index in [1.807, 2.05) is 81.5 Å². The first-order chi connectivity index (χ1) is 22.0. The fraction of sp³-hybridized carbons (Fsp3) is 0.432. The number of hydrogen-bond donors (Lipinski definition) is 1. The second kappa shape index (κ2) is 15.9. The third-order valence-electron chi connectivity index (χ3n) is 8.52. The van der Waals surface area contributed by atoms with Crippen molar-refractivity contribution in [1.29, 1.82) is 0 Å². The zero-order valence-corrected chi connectivity index (χ0v) is 27.8. The molecule has 1 aliphatic rings. The quantitative estimate of drug-likeness (QED) is 0.0912. The van der Waals surface area contributed by atoms with Crippen LogP contribution in [-0.4, -0.2) is 79.8 Å². The van der Waals surface area contributed by atoms with Crippen LogP contribution in [-0.2, 0) is 32.2 Å². The van der Waals surface area contributed by atoms with Crippen molar-refractivity contribution in [1.82, 2.24) is 5.06 Å². The minimum atomic E-state index is -1.09. The lowest BCUT2D eigenvalue weighted by Crippen LogP contribution is -2.42. The van der Waals surface area contributed by atoms with Crippen molar-refractivity contribution < 1.29 is 33.5 Å². The van der Waals surface area contributed by atoms with E-state index >= 15 is 0 Å². The summed E-state index contributed by atoms with van der Waals surface area (Å²) < 4.78 is 6.68. The van der Waals surface area contributed by atoms with Crippen LogP contribution in [0, 0.1) is 13.8 Å². The highest BCUT2D eigenvalue weighted by Crippen LogP contribution is 2.36. The van der Waals surface area contributed by atoms with Crippen molar-refractivity contribution in [3.05, 3.63) is 82.9 Å². The van der Waals surface area contributed by atoms with E-state index in [1.165, 1.54) is 5.56 Å². The average Bonchev–Trinajstić information content (AvgIpc) is 3.03. The van der Waals surface area contributed by atoms with Gasteiger partial charge in [0.1, 0.15) is 12.4 Å². The van der Waals surface area contributed by atoms with Crippen LogP contribution in [0.3, 0.4) is 0 Å². The molecule has 0 radical (unpaired) electrons. The van der Waals surface area contributed by atoms with Gasteiger partial charge in [0.2, 0.25) is 12.3 Å². The lowest BCUT2D eigenvalue weighted by Gasteiger charge is -2.31. The number of carbonyl (C=O) groups excluding carboxylic acids is 2. The molecular formula is C37H48N3O6+. The van der Waals surface area contributed by atoms with Gasteiger partial charge in [-0.2, -0.15) is 0 Å². The van der Waals surface area contributed by atoms with Crippen LogP contribution < -0.4 is 9.64 Å². The first-order valence-electron chi connectivity index (χ1n) is 16.1. The van der Waals surface area contributed by atoms with E-state index in [9.17, 15) is 19.5 Å². The summed E-state index contributed by atoms with van der Waals surface area (Å²) in [6.45, 7) is 6.11. The molecule has 0 aliphatic carbocycles. The van der Waals surface area contributed by atoms with Crippen molar-refractivity contribution in [2.24, 2.45) is 0 Å². The maximum Gasteiger partial charge on any atom is 0.329 e. The molecule has 46 heavy (non-hydrogen) atoms. The second-order valence-electron chi connectivity index (χ2n) is 13.1. The fourth-order valence-electron chi connectivity index (χ4n) is 5.87. The predicted molar refractivity (Wildman–Crippen MR) is 179 cm³/mol. The lowest BCUT2D eigenvalue weighted by molar-refractivity contribution is -0.870. The molecule has 0 saturated heterocycles. The Morgan fingerprint density at radius 1 is 1.04 bits per heavy atom. The number of aliphatic carboxylic acids is 1. The van der Waals surface area contributed by atoms with E-state index < -0.39 is 12.0 Å². The Kier molecular flexibility index (Phi) is 12.0. The number of ether oxygens (including phenoxy) is 1. The Labute approximate surface area is 272 Å². The highest BCUT2D eigenvalue weighted by atomic mass is 16.7. The molecule has 0 saturated carbocycles. The van der Waals surface area contributed by atoms with Gasteiger partial charge in [0.25, 0.3) is 0 Å². The maximum absolute atomic E-state index is 13.4. The zero-order valence-electron chi connectivity index (χ0n) is 27.8. The molecular weight excluding hydrogens is 582 g/mol. The first kappa shape index (κ1) is 34.7. The van der Waals surface area contributed by atoms with Crippen LogP contribution in [0.5, 0.6) is 5.75 Å². The molecule has 4 rings (SSSR count). The summed E-state index contributed by atoms with van der Waals surface area (Å²) in [5, 5.41) is 10.7. The van der Waals surface area contributed by atoms with Crippen LogP contribution in [0.1, 0.15) is 54.4 Å². The molecule has 0 unspecified atom stereocenters. The van der Waals surface area contributed by atoms with Crippen molar-refractivity contribution in [2.75, 3.05) is 45.7 Å². The number of quaternary nitrogens is 1. The van der Waals surface area contributed by atoms with E-state index in [0.717, 1.165) is 63.7 Å². The standard InChI is InChI=1S/C37H47N3O6/c1-27-12-6-19-35(28(27)2)45-23-11-20-36(42)38-21-9-16-32-31(15-8-17-33(32)38)30-14-7-13-29(24-30)25-46-39(26-41)34(37(43)44)18-10-22-40(3,4)5/h6-8,12-15,17,19,24,26,34H,9-11,16,18,20-23,25H2,1-5H3/p+1/t34-/m0/s1. The summed E-state index contributed by atoms with van der Waals surface area (Å²) in [4.78, 5) is 44.8. The molecule has 3 aromatic rings. The molecule has 2 amide bonds. The van der Waals surface area contributed by atoms with Gasteiger partial charge in [0.15, 0.2) is 6.04 Å². The molecule has 0 fully saturated rings. The molecule has 1 aliphatic heterocycles. The highest BCUT2D eigenvalue weighted by Gasteiger charge is 2.27. The smallest absolute Gasteiger partial charge is 0.329 e. The van der Waals surface area contributed by atoms with Gasteiger partial charge in [-0.05, 0) is 97.5 Å². The molecule has 246 valence electrons. The number of hydrogen-bond acceptors (Lipinski definition) is 5. The summed E-state index contributed by atoms with van der Waals surface area (Å²) in [7, 11) is 6.13. The van der Waals surface area contributed by atoms with Crippen LogP contribution >= 0.6 is 0 Å². The molecule has 3 aromatic carbocycles. The first-order valence-corrected chi connectivity index (χ1v) is 16.1. The minimum absolute atomic E-state index is 0.0511. The number of fused-ring (bicyclic) bond motifs is 1. The summed E-state index contributed by atoms with van der Waals surface area (Å²) in [6.07, 6.45) is 4.16. The summed E-state index contributed by atoms with van der Waals surface area (Å²) in [5.74, 6) is -0.136. The molecule has 0 spiro atoms. The Hall–Kier alpha value is -4.21. The minimum Gasteiger partial charge on any atom is -0.493 e. The number of hydroxylamine groups is 2. The monoisotopic (exact) mass is 630 g/mol. The van der Waals surface area contributed by atoms with Crippen molar-refractivity contribution in [3.8, 4) is 16.9 Å². The van der Waals surface area contributed by atoms with E-state index in [1.54, 1.807) is 0 Å². The average molecular weight is 631 g/mol. The number of nitrogens with zero attached hydrogens (tertiary/aromatic N) is 3. The Balaban J connectivity index is 1.41. The van der Waals surface area contributed by atoms with Crippen LogP contribution in [0.4, 0.5) is 5.69 Å². The number of carbonyl (C=O) groups is 3. The molecule has 0 aromatic heterocycles. The number of anilines is 1. The fourth-order valence-corrected chi connectivity index (χ4v) is 5.87. The molecule has 9 heteroatoms. The van der Waals surface area contributed by atoms with Crippen molar-refractivity contribution in [2.45, 2.75) is 65.0 Å². The number of aryl methyl sites for hydroxylation is 1. The molecule has 1 N–H and O–H groups in total. The van der Waals surface area contributed by atoms with Crippen LogP contribution in [0.15, 0.2) is 60.7 Å². The SMILES string of the molecule is Cc1cccc(OCCCC(=O)N2CCCc3c(-c4cccc(CON(C=O)[C@@H](CCC[N+](C)(C)C)C(=O)O)c4)cccc32)c1C. The van der Waals surface area contributed by atoms with Gasteiger partial charge in [-0.3, -0.25) is 14.4 Å². The second-order valence-corrected chi connectivity index (χ2v) is 13.1. The third kappa shape index (κ3) is 9.17. The van der Waals surface area contributed by atoms with Crippen molar-refractivity contribution >= 4 is 24.0 Å². The van der Waals surface area contributed by atoms with Gasteiger partial charge in [-0.1, -0.05) is 42.5 Å². The summed E-state index contributed by atoms with van der Waals surface area (Å²) >= 11 is 0.